The van der Waals surface area contributed by atoms with Crippen molar-refractivity contribution in [1.29, 1.82) is 0 Å². The van der Waals surface area contributed by atoms with Crippen LogP contribution in [0.15, 0.2) is 29.5 Å². The fourth-order valence-corrected chi connectivity index (χ4v) is 3.02. The third-order valence-corrected chi connectivity index (χ3v) is 4.53. The van der Waals surface area contributed by atoms with Gasteiger partial charge >= 0.3 is 0 Å². The fraction of sp³-hybridized carbons (Fsp3) is 0.389. The summed E-state index contributed by atoms with van der Waals surface area (Å²) >= 11 is 0. The summed E-state index contributed by atoms with van der Waals surface area (Å²) in [6.45, 7) is 2.60. The molecule has 3 heterocycles. The number of carbonyl (C=O) groups excluding carboxylic acids is 2. The average Bonchev–Trinajstić information content (AvgIpc) is 3.28. The molecule has 13 heteroatoms. The zero-order chi connectivity index (χ0) is 21.7. The summed E-state index contributed by atoms with van der Waals surface area (Å²) in [7, 11) is 3.24. The number of amides is 2. The molecule has 0 unspecified atom stereocenters. The lowest BCUT2D eigenvalue weighted by Crippen LogP contribution is -2.43. The molecule has 168 valence electrons. The normalized spacial score (nSPS) is 12.8. The Bertz CT molecular complexity index is 997. The van der Waals surface area contributed by atoms with Gasteiger partial charge in [-0.3, -0.25) is 24.7 Å². The first-order valence-corrected chi connectivity index (χ1v) is 9.44. The minimum atomic E-state index is -0.562. The van der Waals surface area contributed by atoms with E-state index in [0.717, 1.165) is 25.5 Å². The Kier molecular flexibility index (Phi) is 8.02. The van der Waals surface area contributed by atoms with Gasteiger partial charge in [0.1, 0.15) is 11.4 Å². The fourth-order valence-electron chi connectivity index (χ4n) is 3.02. The zero-order valence-electron chi connectivity index (χ0n) is 17.2. The van der Waals surface area contributed by atoms with Crippen LogP contribution in [-0.4, -0.2) is 58.0 Å². The van der Waals surface area contributed by atoms with Crippen LogP contribution >= 0.6 is 12.4 Å². The lowest BCUT2D eigenvalue weighted by molar-refractivity contribution is -0.384. The minimum absolute atomic E-state index is 0. The third kappa shape index (κ3) is 5.98. The van der Waals surface area contributed by atoms with Gasteiger partial charge in [0, 0.05) is 52.5 Å². The topological polar surface area (TPSA) is 148 Å². The van der Waals surface area contributed by atoms with Crippen molar-refractivity contribution >= 4 is 41.6 Å². The van der Waals surface area contributed by atoms with E-state index in [1.807, 2.05) is 0 Å². The first-order valence-electron chi connectivity index (χ1n) is 9.44. The van der Waals surface area contributed by atoms with Crippen LogP contribution in [0.25, 0.3) is 0 Å². The number of carbonyl (C=O) groups is 2. The van der Waals surface area contributed by atoms with Crippen molar-refractivity contribution in [3.05, 3.63) is 46.0 Å². The van der Waals surface area contributed by atoms with Crippen LogP contribution in [-0.2, 0) is 14.1 Å². The summed E-state index contributed by atoms with van der Waals surface area (Å²) in [5.74, 6) is -0.0544. The number of nitro groups is 1. The van der Waals surface area contributed by atoms with E-state index in [2.05, 4.69) is 26.3 Å². The van der Waals surface area contributed by atoms with Crippen LogP contribution in [0.5, 0.6) is 0 Å². The second kappa shape index (κ2) is 10.5. The molecule has 0 saturated carbocycles. The SMILES string of the molecule is Cl.Cn1cc(NC(=O)c2cc([N+](=O)[O-])cn2C)cc1C(=O)NCCNC1=NCCCN1. The molecule has 12 nitrogen and oxygen atoms in total. The molecule has 2 aromatic rings. The van der Waals surface area contributed by atoms with Crippen LogP contribution in [0, 0.1) is 10.1 Å². The van der Waals surface area contributed by atoms with Gasteiger partial charge in [0.05, 0.1) is 16.8 Å². The number of aliphatic imine (C=N–C) groups is 1. The number of hydrogen-bond acceptors (Lipinski definition) is 7. The van der Waals surface area contributed by atoms with E-state index in [1.165, 1.54) is 16.8 Å². The number of halogens is 1. The van der Waals surface area contributed by atoms with Crippen LogP contribution in [0.1, 0.15) is 27.4 Å². The summed E-state index contributed by atoms with van der Waals surface area (Å²) in [5.41, 5.74) is 0.757. The molecule has 0 saturated heterocycles. The molecular formula is C18H25ClN8O4. The maximum absolute atomic E-state index is 12.4. The summed E-state index contributed by atoms with van der Waals surface area (Å²) in [6.07, 6.45) is 3.87. The molecule has 0 radical (unpaired) electrons. The Balaban J connectivity index is 0.00000341. The molecule has 0 spiro atoms. The van der Waals surface area contributed by atoms with Gasteiger partial charge in [-0.2, -0.15) is 0 Å². The van der Waals surface area contributed by atoms with Crippen LogP contribution in [0.4, 0.5) is 11.4 Å². The van der Waals surface area contributed by atoms with E-state index in [-0.39, 0.29) is 29.7 Å². The predicted octanol–water partition coefficient (Wildman–Crippen LogP) is 0.615. The molecular weight excluding hydrogens is 428 g/mol. The Morgan fingerprint density at radius 1 is 1.16 bits per heavy atom. The molecule has 3 rings (SSSR count). The van der Waals surface area contributed by atoms with Crippen molar-refractivity contribution in [1.82, 2.24) is 25.1 Å². The highest BCUT2D eigenvalue weighted by Crippen LogP contribution is 2.18. The van der Waals surface area contributed by atoms with Crippen LogP contribution in [0.2, 0.25) is 0 Å². The summed E-state index contributed by atoms with van der Waals surface area (Å²) in [4.78, 5) is 39.4. The number of aromatic nitrogens is 2. The highest BCUT2D eigenvalue weighted by molar-refractivity contribution is 6.04. The van der Waals surface area contributed by atoms with Gasteiger partial charge < -0.3 is 30.4 Å². The Hall–Kier alpha value is -3.54. The maximum Gasteiger partial charge on any atom is 0.287 e. The van der Waals surface area contributed by atoms with Gasteiger partial charge in [-0.15, -0.1) is 12.4 Å². The highest BCUT2D eigenvalue weighted by atomic mass is 35.5. The molecule has 0 bridgehead atoms. The first-order chi connectivity index (χ1) is 14.3. The summed E-state index contributed by atoms with van der Waals surface area (Å²) < 4.78 is 2.97. The van der Waals surface area contributed by atoms with Crippen LogP contribution < -0.4 is 21.3 Å². The maximum atomic E-state index is 12.4. The monoisotopic (exact) mass is 452 g/mol. The smallest absolute Gasteiger partial charge is 0.287 e. The quantitative estimate of drug-likeness (QED) is 0.275. The molecule has 31 heavy (non-hydrogen) atoms. The second-order valence-electron chi connectivity index (χ2n) is 6.82. The Morgan fingerprint density at radius 3 is 2.52 bits per heavy atom. The summed E-state index contributed by atoms with van der Waals surface area (Å²) in [6, 6.07) is 2.75. The molecule has 2 aromatic heterocycles. The van der Waals surface area contributed by atoms with E-state index >= 15 is 0 Å². The Labute approximate surface area is 184 Å². The zero-order valence-corrected chi connectivity index (χ0v) is 18.0. The van der Waals surface area contributed by atoms with Gasteiger partial charge in [-0.05, 0) is 12.5 Å². The van der Waals surface area contributed by atoms with Gasteiger partial charge in [0.15, 0.2) is 5.96 Å². The van der Waals surface area contributed by atoms with E-state index in [9.17, 15) is 19.7 Å². The van der Waals surface area contributed by atoms with E-state index in [0.29, 0.717) is 24.5 Å². The number of rotatable bonds is 7. The molecule has 0 fully saturated rings. The molecule has 0 aromatic carbocycles. The van der Waals surface area contributed by atoms with E-state index < -0.39 is 10.8 Å². The van der Waals surface area contributed by atoms with E-state index in [1.54, 1.807) is 30.9 Å². The number of nitrogens with zero attached hydrogens (tertiary/aromatic N) is 4. The van der Waals surface area contributed by atoms with Crippen molar-refractivity contribution < 1.29 is 14.5 Å². The van der Waals surface area contributed by atoms with Gasteiger partial charge in [0.25, 0.3) is 17.5 Å². The molecule has 0 atom stereocenters. The lowest BCUT2D eigenvalue weighted by atomic mass is 10.3. The number of guanidine groups is 1. The number of nitrogens with one attached hydrogen (secondary N) is 4. The average molecular weight is 453 g/mol. The van der Waals surface area contributed by atoms with Gasteiger partial charge in [-0.25, -0.2) is 0 Å². The lowest BCUT2D eigenvalue weighted by Gasteiger charge is -2.16. The van der Waals surface area contributed by atoms with Crippen LogP contribution in [0.3, 0.4) is 0 Å². The van der Waals surface area contributed by atoms with Gasteiger partial charge in [-0.1, -0.05) is 0 Å². The van der Waals surface area contributed by atoms with Crippen molar-refractivity contribution in [2.24, 2.45) is 19.1 Å². The number of hydrogen-bond donors (Lipinski definition) is 4. The van der Waals surface area contributed by atoms with Gasteiger partial charge in [0.2, 0.25) is 0 Å². The Morgan fingerprint density at radius 2 is 1.87 bits per heavy atom. The first kappa shape index (κ1) is 23.7. The summed E-state index contributed by atoms with van der Waals surface area (Å²) in [5, 5.41) is 22.6. The number of anilines is 1. The molecule has 0 aliphatic carbocycles. The van der Waals surface area contributed by atoms with E-state index in [4.69, 9.17) is 0 Å². The van der Waals surface area contributed by atoms with Crippen molar-refractivity contribution in [3.8, 4) is 0 Å². The second-order valence-corrected chi connectivity index (χ2v) is 6.82. The standard InChI is InChI=1S/C18H24N8O4.ClH/c1-24-10-12(23-17(28)15-9-13(26(29)30)11-25(15)2)8-14(24)16(27)19-6-7-22-18-20-4-3-5-21-18;/h8-11H,3-7H2,1-2H3,(H,19,27)(H,23,28)(H2,20,21,22);1H. The molecule has 4 N–H and O–H groups in total. The van der Waals surface area contributed by atoms with Crippen molar-refractivity contribution in [3.63, 3.8) is 0 Å². The largest absolute Gasteiger partial charge is 0.356 e. The molecule has 2 amide bonds. The third-order valence-electron chi connectivity index (χ3n) is 4.53. The minimum Gasteiger partial charge on any atom is -0.356 e. The van der Waals surface area contributed by atoms with Crippen molar-refractivity contribution in [2.45, 2.75) is 6.42 Å². The molecule has 1 aliphatic rings. The number of aryl methyl sites for hydroxylation is 2. The highest BCUT2D eigenvalue weighted by Gasteiger charge is 2.19. The van der Waals surface area contributed by atoms with Crippen molar-refractivity contribution in [2.75, 3.05) is 31.5 Å². The predicted molar refractivity (Wildman–Crippen MR) is 118 cm³/mol. The molecule has 1 aliphatic heterocycles.